The second-order valence-corrected chi connectivity index (χ2v) is 17.4. The highest BCUT2D eigenvalue weighted by Crippen LogP contribution is 2.76. The minimum absolute atomic E-state index is 0.00753. The van der Waals surface area contributed by atoms with E-state index in [1.54, 1.807) is 0 Å². The lowest BCUT2D eigenvalue weighted by atomic mass is 9.33. The highest BCUT2D eigenvalue weighted by atomic mass is 16.6. The maximum atomic E-state index is 13.0. The van der Waals surface area contributed by atoms with Crippen molar-refractivity contribution in [2.75, 3.05) is 0 Å². The molecular weight excluding hydrogens is 576 g/mol. The van der Waals surface area contributed by atoms with Gasteiger partial charge in [0.15, 0.2) is 6.10 Å². The van der Waals surface area contributed by atoms with E-state index >= 15 is 0 Å². The lowest BCUT2D eigenvalue weighted by Gasteiger charge is -2.74. The number of hydrogen-bond donors (Lipinski definition) is 5. The normalized spacial score (nSPS) is 58.7. The van der Waals surface area contributed by atoms with Crippen molar-refractivity contribution >= 4 is 11.9 Å². The molecule has 2 aliphatic heterocycles. The molecule has 6 unspecified atom stereocenters. The van der Waals surface area contributed by atoms with E-state index in [0.29, 0.717) is 17.8 Å². The summed E-state index contributed by atoms with van der Waals surface area (Å²) in [6.45, 7) is 14.2. The molecule has 9 heteroatoms. The van der Waals surface area contributed by atoms with Gasteiger partial charge in [0.2, 0.25) is 0 Å². The Balaban J connectivity index is 1.18. The van der Waals surface area contributed by atoms with Gasteiger partial charge in [-0.2, -0.15) is 0 Å². The van der Waals surface area contributed by atoms with Crippen molar-refractivity contribution < 1.29 is 44.6 Å². The summed E-state index contributed by atoms with van der Waals surface area (Å²) < 4.78 is 12.4. The molecule has 0 aromatic heterocycles. The molecule has 9 nitrogen and oxygen atoms in total. The SMILES string of the molecule is C[C@@H]1CC[C@]2(C(=O)O)CC[C@]3(C)C(=CCC4[C@@]5(C)CC[C@@H]6[C@H]([C@@H]7OC(C(=O)O)[C@@H](O)C(O)C7O)O[C@@]6(C)C5CC[C@]43C)C2[C@H]1C. The topological polar surface area (TPSA) is 154 Å². The standard InChI is InChI=1S/C36H54O9/c1-17-9-14-36(31(42)43)16-15-33(4)19(23(36)18(17)2)7-8-21-32(3)12-10-20-27(45-35(20,6)22(32)11-13-34(21,33)5)28-25(38)24(37)26(39)29(44-28)30(40)41/h7,17-18,20-29,37-39H,8-16H2,1-6H3,(H,40,41)(H,42,43)/t17-,18+,20-,21?,22?,23?,24?,25?,26+,27-,28-,29?,32-,33-,34-,35-,36+/m1/s1. The summed E-state index contributed by atoms with van der Waals surface area (Å²) in [6, 6.07) is 0. The molecule has 0 aromatic carbocycles. The zero-order valence-corrected chi connectivity index (χ0v) is 27.7. The van der Waals surface area contributed by atoms with Crippen LogP contribution in [0.3, 0.4) is 0 Å². The van der Waals surface area contributed by atoms with Crippen LogP contribution in [-0.2, 0) is 19.1 Å². The van der Waals surface area contributed by atoms with Crippen LogP contribution < -0.4 is 0 Å². The van der Waals surface area contributed by atoms with Crippen molar-refractivity contribution in [1.29, 1.82) is 0 Å². The Hall–Kier alpha value is -1.52. The Morgan fingerprint density at radius 2 is 1.53 bits per heavy atom. The monoisotopic (exact) mass is 630 g/mol. The number of carbonyl (C=O) groups is 2. The fourth-order valence-electron chi connectivity index (χ4n) is 13.2. The fraction of sp³-hybridized carbons (Fsp3) is 0.889. The Morgan fingerprint density at radius 3 is 2.20 bits per heavy atom. The van der Waals surface area contributed by atoms with E-state index in [4.69, 9.17) is 9.47 Å². The van der Waals surface area contributed by atoms with Gasteiger partial charge in [0.1, 0.15) is 24.4 Å². The van der Waals surface area contributed by atoms with Crippen LogP contribution in [0.5, 0.6) is 0 Å². The predicted molar refractivity (Wildman–Crippen MR) is 164 cm³/mol. The first-order chi connectivity index (χ1) is 21.0. The van der Waals surface area contributed by atoms with Gasteiger partial charge in [-0.3, -0.25) is 4.79 Å². The van der Waals surface area contributed by atoms with Crippen LogP contribution in [-0.4, -0.2) is 79.7 Å². The van der Waals surface area contributed by atoms with Crippen molar-refractivity contribution in [3.63, 3.8) is 0 Å². The third-order valence-corrected chi connectivity index (χ3v) is 16.1. The van der Waals surface area contributed by atoms with Gasteiger partial charge in [-0.1, -0.05) is 46.3 Å². The molecule has 2 saturated heterocycles. The lowest BCUT2D eigenvalue weighted by molar-refractivity contribution is -0.372. The van der Waals surface area contributed by atoms with E-state index in [2.05, 4.69) is 47.6 Å². The van der Waals surface area contributed by atoms with Crippen molar-refractivity contribution in [1.82, 2.24) is 0 Å². The van der Waals surface area contributed by atoms with Gasteiger partial charge in [0.05, 0.1) is 17.1 Å². The Bertz CT molecular complexity index is 1300. The minimum atomic E-state index is -1.71. The fourth-order valence-corrected chi connectivity index (χ4v) is 13.2. The van der Waals surface area contributed by atoms with Gasteiger partial charge in [0, 0.05) is 5.92 Å². The van der Waals surface area contributed by atoms with Gasteiger partial charge >= 0.3 is 11.9 Å². The molecular formula is C36H54O9. The smallest absolute Gasteiger partial charge is 0.335 e. The number of aliphatic hydroxyl groups excluding tert-OH is 3. The maximum Gasteiger partial charge on any atom is 0.335 e. The molecule has 45 heavy (non-hydrogen) atoms. The summed E-state index contributed by atoms with van der Waals surface area (Å²) in [5.74, 6) is -0.349. The van der Waals surface area contributed by atoms with Gasteiger partial charge in [0.25, 0.3) is 0 Å². The van der Waals surface area contributed by atoms with Crippen LogP contribution in [0, 0.1) is 57.2 Å². The molecule has 0 aromatic rings. The van der Waals surface area contributed by atoms with Crippen molar-refractivity contribution in [3.05, 3.63) is 11.6 Å². The third-order valence-electron chi connectivity index (χ3n) is 16.1. The van der Waals surface area contributed by atoms with Gasteiger partial charge in [-0.05, 0) is 111 Å². The Labute approximate surface area is 266 Å². The minimum Gasteiger partial charge on any atom is -0.481 e. The Morgan fingerprint density at radius 1 is 0.822 bits per heavy atom. The number of hydrogen-bond acceptors (Lipinski definition) is 7. The van der Waals surface area contributed by atoms with Crippen LogP contribution in [0.2, 0.25) is 0 Å². The molecule has 6 fully saturated rings. The zero-order chi connectivity index (χ0) is 32.6. The summed E-state index contributed by atoms with van der Waals surface area (Å²) >= 11 is 0. The van der Waals surface area contributed by atoms with Crippen molar-refractivity contribution in [3.8, 4) is 0 Å². The first kappa shape index (κ1) is 32.0. The molecule has 17 atom stereocenters. The average molecular weight is 631 g/mol. The van der Waals surface area contributed by atoms with Gasteiger partial charge in [-0.15, -0.1) is 0 Å². The zero-order valence-electron chi connectivity index (χ0n) is 27.7. The summed E-state index contributed by atoms with van der Waals surface area (Å²) in [7, 11) is 0. The van der Waals surface area contributed by atoms with E-state index in [9.17, 15) is 35.1 Å². The highest BCUT2D eigenvalue weighted by molar-refractivity contribution is 5.77. The van der Waals surface area contributed by atoms with Crippen molar-refractivity contribution in [2.45, 2.75) is 142 Å². The number of carboxylic acid groups (broad SMARTS) is 2. The maximum absolute atomic E-state index is 13.0. The van der Waals surface area contributed by atoms with E-state index in [1.165, 1.54) is 5.57 Å². The number of carboxylic acids is 2. The van der Waals surface area contributed by atoms with Crippen molar-refractivity contribution in [2.24, 2.45) is 57.2 Å². The number of aliphatic carboxylic acids is 2. The van der Waals surface area contributed by atoms with Crippen LogP contribution in [0.1, 0.15) is 99.3 Å². The molecule has 252 valence electrons. The van der Waals surface area contributed by atoms with Crippen LogP contribution in [0.4, 0.5) is 0 Å². The average Bonchev–Trinajstić information content (AvgIpc) is 2.96. The molecule has 0 bridgehead atoms. The second-order valence-electron chi connectivity index (χ2n) is 17.4. The number of rotatable bonds is 3. The van der Waals surface area contributed by atoms with E-state index < -0.39 is 59.6 Å². The summed E-state index contributed by atoms with van der Waals surface area (Å²) in [4.78, 5) is 24.7. The summed E-state index contributed by atoms with van der Waals surface area (Å²) in [6.07, 6.45) is 2.68. The van der Waals surface area contributed by atoms with Crippen LogP contribution >= 0.6 is 0 Å². The molecule has 5 N–H and O–H groups in total. The number of fused-ring (bicyclic) bond motifs is 9. The second kappa shape index (κ2) is 10.0. The molecule has 0 amide bonds. The lowest BCUT2D eigenvalue weighted by Crippen LogP contribution is -2.76. The van der Waals surface area contributed by atoms with E-state index in [0.717, 1.165) is 57.8 Å². The first-order valence-corrected chi connectivity index (χ1v) is 17.5. The van der Waals surface area contributed by atoms with E-state index in [1.807, 2.05) is 0 Å². The van der Waals surface area contributed by atoms with Gasteiger partial charge < -0.3 is 35.0 Å². The number of allylic oxidation sites excluding steroid dienone is 2. The Kier molecular flexibility index (Phi) is 7.12. The molecule has 4 saturated carbocycles. The van der Waals surface area contributed by atoms with E-state index in [-0.39, 0.29) is 34.0 Å². The van der Waals surface area contributed by atoms with Gasteiger partial charge in [-0.25, -0.2) is 4.79 Å². The molecule has 2 heterocycles. The molecule has 0 spiro atoms. The summed E-state index contributed by atoms with van der Waals surface area (Å²) in [5.41, 5.74) is 0.252. The largest absolute Gasteiger partial charge is 0.481 e. The molecule has 5 aliphatic carbocycles. The predicted octanol–water partition coefficient (Wildman–Crippen LogP) is 4.41. The number of aliphatic hydroxyl groups is 3. The first-order valence-electron chi connectivity index (χ1n) is 17.5. The van der Waals surface area contributed by atoms with Crippen LogP contribution in [0.15, 0.2) is 11.6 Å². The number of ether oxygens (including phenoxy) is 2. The summed E-state index contributed by atoms with van der Waals surface area (Å²) in [5, 5.41) is 51.8. The molecule has 7 aliphatic rings. The quantitative estimate of drug-likeness (QED) is 0.285. The highest BCUT2D eigenvalue weighted by Gasteiger charge is 2.73. The molecule has 0 radical (unpaired) electrons. The molecule has 7 rings (SSSR count). The van der Waals surface area contributed by atoms with Crippen LogP contribution in [0.25, 0.3) is 0 Å². The third kappa shape index (κ3) is 3.85.